The first-order chi connectivity index (χ1) is 7.56. The van der Waals surface area contributed by atoms with E-state index in [2.05, 4.69) is 47.8 Å². The Bertz CT molecular complexity index is 577. The van der Waals surface area contributed by atoms with Crippen molar-refractivity contribution in [3.05, 3.63) is 31.7 Å². The maximum Gasteiger partial charge on any atom is 0.419 e. The molecule has 0 unspecified atom stereocenters. The topological polar surface area (TPSA) is 31.2 Å². The van der Waals surface area contributed by atoms with E-state index in [0.29, 0.717) is 4.60 Å². The van der Waals surface area contributed by atoms with Gasteiger partial charge in [-0.2, -0.15) is 0 Å². The second-order valence-electron chi connectivity index (χ2n) is 3.07. The first kappa shape index (κ1) is 12.1. The lowest BCUT2D eigenvalue weighted by Crippen LogP contribution is -2.11. The molecule has 1 aromatic heterocycles. The van der Waals surface area contributed by atoms with E-state index in [0.717, 1.165) is 19.8 Å². The van der Waals surface area contributed by atoms with Crippen molar-refractivity contribution in [2.75, 3.05) is 7.11 Å². The first-order valence-electron chi connectivity index (χ1n) is 4.29. The van der Waals surface area contributed by atoms with Gasteiger partial charge in [-0.15, -0.1) is 0 Å². The maximum absolute atomic E-state index is 11.6. The van der Waals surface area contributed by atoms with E-state index >= 15 is 0 Å². The van der Waals surface area contributed by atoms with E-state index < -0.39 is 6.09 Å². The van der Waals surface area contributed by atoms with E-state index in [9.17, 15) is 4.79 Å². The van der Waals surface area contributed by atoms with Crippen molar-refractivity contribution in [3.8, 4) is 0 Å². The third-order valence-electron chi connectivity index (χ3n) is 2.17. The molecule has 0 radical (unpaired) electrons. The summed E-state index contributed by atoms with van der Waals surface area (Å²) in [6, 6.07) is 5.66. The van der Waals surface area contributed by atoms with Gasteiger partial charge in [-0.05, 0) is 50.1 Å². The zero-order valence-electron chi connectivity index (χ0n) is 8.13. The summed E-state index contributed by atoms with van der Waals surface area (Å²) in [7, 11) is 1.35. The lowest BCUT2D eigenvalue weighted by atomic mass is 10.2. The minimum absolute atomic E-state index is 0.426. The van der Waals surface area contributed by atoms with Crippen LogP contribution < -0.4 is 0 Å². The zero-order chi connectivity index (χ0) is 11.9. The minimum atomic E-state index is -0.426. The Kier molecular flexibility index (Phi) is 3.42. The monoisotopic (exact) mass is 409 g/mol. The molecular weight excluding hydrogens is 406 g/mol. The molecule has 0 saturated carbocycles. The summed E-state index contributed by atoms with van der Waals surface area (Å²) in [5.74, 6) is 0. The predicted octanol–water partition coefficient (Wildman–Crippen LogP) is 4.54. The van der Waals surface area contributed by atoms with Crippen molar-refractivity contribution in [3.63, 3.8) is 0 Å². The van der Waals surface area contributed by atoms with Gasteiger partial charge in [0, 0.05) is 9.86 Å². The summed E-state index contributed by atoms with van der Waals surface area (Å²) in [5, 5.41) is 0.937. The van der Waals surface area contributed by atoms with Crippen molar-refractivity contribution in [2.24, 2.45) is 0 Å². The number of carbonyl (C=O) groups excluding carboxylic acids is 1. The summed E-state index contributed by atoms with van der Waals surface area (Å²) in [6.07, 6.45) is -0.426. The quantitative estimate of drug-likeness (QED) is 0.637. The minimum Gasteiger partial charge on any atom is -0.452 e. The highest BCUT2D eigenvalue weighted by Gasteiger charge is 2.18. The third-order valence-corrected chi connectivity index (χ3v) is 4.75. The molecule has 0 spiro atoms. The van der Waals surface area contributed by atoms with E-state index in [1.807, 2.05) is 18.2 Å². The molecule has 1 aromatic carbocycles. The van der Waals surface area contributed by atoms with Crippen molar-refractivity contribution < 1.29 is 9.53 Å². The van der Waals surface area contributed by atoms with Gasteiger partial charge in [0.2, 0.25) is 0 Å². The van der Waals surface area contributed by atoms with Gasteiger partial charge in [0.25, 0.3) is 0 Å². The fourth-order valence-electron chi connectivity index (χ4n) is 1.46. The molecule has 3 nitrogen and oxygen atoms in total. The summed E-state index contributed by atoms with van der Waals surface area (Å²) in [6.45, 7) is 0. The fraction of sp³-hybridized carbons (Fsp3) is 0.100. The highest BCUT2D eigenvalue weighted by Crippen LogP contribution is 2.36. The molecule has 0 amide bonds. The number of nitrogens with zero attached hydrogens (tertiary/aromatic N) is 1. The maximum atomic E-state index is 11.6. The van der Waals surface area contributed by atoms with Crippen LogP contribution in [0, 0.1) is 0 Å². The molecule has 6 heteroatoms. The van der Waals surface area contributed by atoms with Crippen LogP contribution in [0.25, 0.3) is 10.9 Å². The van der Waals surface area contributed by atoms with Gasteiger partial charge in [-0.25, -0.2) is 9.36 Å². The van der Waals surface area contributed by atoms with Crippen molar-refractivity contribution >= 4 is 64.8 Å². The molecule has 16 heavy (non-hydrogen) atoms. The largest absolute Gasteiger partial charge is 0.452 e. The van der Waals surface area contributed by atoms with Crippen LogP contribution in [-0.4, -0.2) is 17.8 Å². The Labute approximate surface area is 117 Å². The number of hydrogen-bond donors (Lipinski definition) is 0. The highest BCUT2D eigenvalue weighted by molar-refractivity contribution is 9.13. The number of aromatic nitrogens is 1. The molecule has 2 aromatic rings. The summed E-state index contributed by atoms with van der Waals surface area (Å²) >= 11 is 10.2. The molecule has 0 aliphatic carbocycles. The molecule has 1 heterocycles. The highest BCUT2D eigenvalue weighted by atomic mass is 79.9. The number of carbonyl (C=O) groups is 1. The Morgan fingerprint density at radius 2 is 2.00 bits per heavy atom. The van der Waals surface area contributed by atoms with E-state index in [-0.39, 0.29) is 0 Å². The zero-order valence-corrected chi connectivity index (χ0v) is 12.9. The summed E-state index contributed by atoms with van der Waals surface area (Å²) < 4.78 is 8.62. The van der Waals surface area contributed by atoms with Crippen LogP contribution in [0.1, 0.15) is 0 Å². The number of ether oxygens (including phenoxy) is 1. The van der Waals surface area contributed by atoms with Crippen molar-refractivity contribution in [2.45, 2.75) is 0 Å². The summed E-state index contributed by atoms with van der Waals surface area (Å²) in [4.78, 5) is 11.6. The standard InChI is InChI=1S/C10H6Br3NO2/c1-16-10(15)14-7-3-2-5(11)4-6(7)8(12)9(14)13/h2-4H,1H3. The Morgan fingerprint density at radius 1 is 1.31 bits per heavy atom. The lowest BCUT2D eigenvalue weighted by Gasteiger charge is -2.03. The molecule has 2 rings (SSSR count). The first-order valence-corrected chi connectivity index (χ1v) is 6.67. The Morgan fingerprint density at radius 3 is 2.62 bits per heavy atom. The van der Waals surface area contributed by atoms with E-state index in [4.69, 9.17) is 4.74 Å². The van der Waals surface area contributed by atoms with Gasteiger partial charge < -0.3 is 4.74 Å². The number of halogens is 3. The van der Waals surface area contributed by atoms with Crippen LogP contribution in [-0.2, 0) is 4.74 Å². The van der Waals surface area contributed by atoms with E-state index in [1.54, 1.807) is 0 Å². The third kappa shape index (κ3) is 1.83. The van der Waals surface area contributed by atoms with Crippen LogP contribution in [0.3, 0.4) is 0 Å². The van der Waals surface area contributed by atoms with Gasteiger partial charge in [-0.3, -0.25) is 0 Å². The molecule has 0 bridgehead atoms. The number of benzene rings is 1. The second kappa shape index (κ2) is 4.50. The van der Waals surface area contributed by atoms with Gasteiger partial charge in [0.1, 0.15) is 4.60 Å². The van der Waals surface area contributed by atoms with Gasteiger partial charge in [0.05, 0.1) is 17.1 Å². The van der Waals surface area contributed by atoms with Gasteiger partial charge >= 0.3 is 6.09 Å². The van der Waals surface area contributed by atoms with Crippen LogP contribution in [0.2, 0.25) is 0 Å². The van der Waals surface area contributed by atoms with Crippen molar-refractivity contribution in [1.29, 1.82) is 0 Å². The predicted molar refractivity (Wildman–Crippen MR) is 72.8 cm³/mol. The fourth-order valence-corrected chi connectivity index (χ4v) is 2.87. The number of hydrogen-bond acceptors (Lipinski definition) is 2. The Balaban J connectivity index is 2.84. The average molecular weight is 412 g/mol. The number of fused-ring (bicyclic) bond motifs is 1. The lowest BCUT2D eigenvalue weighted by molar-refractivity contribution is 0.173. The second-order valence-corrected chi connectivity index (χ2v) is 5.53. The molecule has 0 aliphatic heterocycles. The number of methoxy groups -OCH3 is 1. The molecular formula is C10H6Br3NO2. The molecule has 0 N–H and O–H groups in total. The van der Waals surface area contributed by atoms with Crippen LogP contribution in [0.4, 0.5) is 4.79 Å². The molecule has 0 aliphatic rings. The smallest absolute Gasteiger partial charge is 0.419 e. The molecule has 84 valence electrons. The van der Waals surface area contributed by atoms with Crippen LogP contribution >= 0.6 is 47.8 Å². The number of rotatable bonds is 0. The molecule has 0 fully saturated rings. The molecule has 0 atom stereocenters. The average Bonchev–Trinajstić information content (AvgIpc) is 2.52. The van der Waals surface area contributed by atoms with Crippen LogP contribution in [0.15, 0.2) is 31.7 Å². The Hall–Kier alpha value is -0.330. The van der Waals surface area contributed by atoms with E-state index in [1.165, 1.54) is 11.7 Å². The SMILES string of the molecule is COC(=O)n1c(Br)c(Br)c2cc(Br)ccc21. The normalized spacial score (nSPS) is 10.8. The van der Waals surface area contributed by atoms with Crippen LogP contribution in [0.5, 0.6) is 0 Å². The van der Waals surface area contributed by atoms with Gasteiger partial charge in [0.15, 0.2) is 0 Å². The van der Waals surface area contributed by atoms with Gasteiger partial charge in [-0.1, -0.05) is 15.9 Å². The summed E-state index contributed by atoms with van der Waals surface area (Å²) in [5.41, 5.74) is 0.786. The molecule has 0 saturated heterocycles. The van der Waals surface area contributed by atoms with Crippen molar-refractivity contribution in [1.82, 2.24) is 4.57 Å².